The number of pyridine rings is 1. The molecule has 3 aromatic rings. The molecular weight excluding hydrogens is 408 g/mol. The van der Waals surface area contributed by atoms with Crippen LogP contribution < -0.4 is 10.1 Å². The molecule has 1 aromatic carbocycles. The Balaban J connectivity index is 1.87. The normalized spacial score (nSPS) is 11.6. The van der Waals surface area contributed by atoms with Crippen LogP contribution in [0.1, 0.15) is 24.4 Å². The molecule has 1 atom stereocenters. The quantitative estimate of drug-likeness (QED) is 0.443. The summed E-state index contributed by atoms with van der Waals surface area (Å²) >= 11 is 0. The minimum absolute atomic E-state index is 0.126. The molecule has 0 radical (unpaired) electrons. The van der Waals surface area contributed by atoms with E-state index in [4.69, 9.17) is 4.74 Å². The molecule has 1 amide bonds. The molecule has 160 valence electrons. The first-order valence-corrected chi connectivity index (χ1v) is 9.05. The fourth-order valence-electron chi connectivity index (χ4n) is 3.02. The van der Waals surface area contributed by atoms with Crippen molar-refractivity contribution in [2.24, 2.45) is 0 Å². The van der Waals surface area contributed by atoms with Gasteiger partial charge in [-0.3, -0.25) is 34.7 Å². The monoisotopic (exact) mass is 426 g/mol. The molecule has 1 N–H and O–H groups in total. The first-order chi connectivity index (χ1) is 14.7. The Morgan fingerprint density at radius 2 is 1.90 bits per heavy atom. The fraction of sp³-hybridized carbons (Fsp3) is 0.211. The Hall–Kier alpha value is -4.35. The van der Waals surface area contributed by atoms with Crippen molar-refractivity contribution in [3.05, 3.63) is 74.3 Å². The lowest BCUT2D eigenvalue weighted by Crippen LogP contribution is -2.25. The second-order valence-electron chi connectivity index (χ2n) is 6.65. The SMILES string of the molecule is Cc1nn(C(C)C(=O)Nc2cc(Oc3cccnc3)cc([N+](=O)[O-])c2)c(C)c1[N+](=O)[O-]. The van der Waals surface area contributed by atoms with Gasteiger partial charge in [0.05, 0.1) is 27.8 Å². The zero-order valence-electron chi connectivity index (χ0n) is 16.8. The molecule has 0 spiro atoms. The number of aromatic nitrogens is 3. The Bertz CT molecular complexity index is 1160. The van der Waals surface area contributed by atoms with Crippen LogP contribution >= 0.6 is 0 Å². The van der Waals surface area contributed by atoms with Crippen LogP contribution in [-0.2, 0) is 4.79 Å². The summed E-state index contributed by atoms with van der Waals surface area (Å²) in [4.78, 5) is 38.0. The molecule has 0 saturated heterocycles. The van der Waals surface area contributed by atoms with E-state index in [2.05, 4.69) is 15.4 Å². The van der Waals surface area contributed by atoms with E-state index in [0.29, 0.717) is 5.75 Å². The van der Waals surface area contributed by atoms with Gasteiger partial charge in [-0.15, -0.1) is 0 Å². The lowest BCUT2D eigenvalue weighted by atomic mass is 10.2. The number of non-ortho nitro benzene ring substituents is 1. The Morgan fingerprint density at radius 3 is 2.48 bits per heavy atom. The van der Waals surface area contributed by atoms with E-state index in [1.807, 2.05) is 0 Å². The molecule has 0 aliphatic rings. The zero-order valence-corrected chi connectivity index (χ0v) is 16.8. The Labute approximate surface area is 175 Å². The number of nitro benzene ring substituents is 1. The smallest absolute Gasteiger partial charge is 0.312 e. The Kier molecular flexibility index (Phi) is 5.90. The van der Waals surface area contributed by atoms with E-state index >= 15 is 0 Å². The number of nitrogens with zero attached hydrogens (tertiary/aromatic N) is 5. The number of aryl methyl sites for hydroxylation is 1. The van der Waals surface area contributed by atoms with Crippen LogP contribution in [-0.4, -0.2) is 30.5 Å². The van der Waals surface area contributed by atoms with Gasteiger partial charge in [-0.05, 0) is 32.9 Å². The van der Waals surface area contributed by atoms with E-state index in [-0.39, 0.29) is 34.2 Å². The molecular formula is C19H18N6O6. The highest BCUT2D eigenvalue weighted by molar-refractivity contribution is 5.94. The fourth-order valence-corrected chi connectivity index (χ4v) is 3.02. The number of carbonyl (C=O) groups excluding carboxylic acids is 1. The Morgan fingerprint density at radius 1 is 1.16 bits per heavy atom. The maximum atomic E-state index is 12.7. The molecule has 2 aromatic heterocycles. The van der Waals surface area contributed by atoms with Crippen molar-refractivity contribution >= 4 is 23.0 Å². The van der Waals surface area contributed by atoms with Crippen molar-refractivity contribution in [3.8, 4) is 11.5 Å². The summed E-state index contributed by atoms with van der Waals surface area (Å²) in [5, 5.41) is 29.2. The van der Waals surface area contributed by atoms with Gasteiger partial charge in [-0.25, -0.2) is 0 Å². The third kappa shape index (κ3) is 4.63. The molecule has 12 nitrogen and oxygen atoms in total. The number of rotatable bonds is 7. The number of benzene rings is 1. The number of ether oxygens (including phenoxy) is 1. The zero-order chi connectivity index (χ0) is 22.7. The van der Waals surface area contributed by atoms with Crippen molar-refractivity contribution < 1.29 is 19.4 Å². The van der Waals surface area contributed by atoms with Gasteiger partial charge in [0.1, 0.15) is 28.9 Å². The number of carbonyl (C=O) groups is 1. The number of anilines is 1. The molecule has 0 saturated carbocycles. The van der Waals surface area contributed by atoms with Crippen LogP contribution in [0, 0.1) is 34.1 Å². The predicted molar refractivity (Wildman–Crippen MR) is 109 cm³/mol. The van der Waals surface area contributed by atoms with E-state index in [9.17, 15) is 25.0 Å². The van der Waals surface area contributed by atoms with Gasteiger partial charge in [0.25, 0.3) is 5.69 Å². The topological polar surface area (TPSA) is 155 Å². The first kappa shape index (κ1) is 21.4. The van der Waals surface area contributed by atoms with Gasteiger partial charge < -0.3 is 10.1 Å². The molecule has 12 heteroatoms. The van der Waals surface area contributed by atoms with Gasteiger partial charge in [0, 0.05) is 18.3 Å². The van der Waals surface area contributed by atoms with Gasteiger partial charge >= 0.3 is 5.69 Å². The molecule has 3 rings (SSSR count). The molecule has 31 heavy (non-hydrogen) atoms. The standard InChI is InChI=1S/C19H18N6O6/c1-11-18(25(29)30)12(2)23(22-11)13(3)19(26)21-14-7-15(24(27)28)9-17(8-14)31-16-5-4-6-20-10-16/h4-10,13H,1-3H3,(H,21,26). The van der Waals surface area contributed by atoms with E-state index < -0.39 is 21.8 Å². The van der Waals surface area contributed by atoms with Crippen molar-refractivity contribution in [2.45, 2.75) is 26.8 Å². The van der Waals surface area contributed by atoms with Crippen molar-refractivity contribution in [1.82, 2.24) is 14.8 Å². The van der Waals surface area contributed by atoms with Crippen LogP contribution in [0.4, 0.5) is 17.1 Å². The number of nitrogens with one attached hydrogen (secondary N) is 1. The third-order valence-electron chi connectivity index (χ3n) is 4.46. The molecule has 0 aliphatic carbocycles. The van der Waals surface area contributed by atoms with Crippen molar-refractivity contribution in [2.75, 3.05) is 5.32 Å². The minimum atomic E-state index is -0.908. The van der Waals surface area contributed by atoms with Crippen LogP contribution in [0.3, 0.4) is 0 Å². The largest absolute Gasteiger partial charge is 0.455 e. The molecule has 0 fully saturated rings. The van der Waals surface area contributed by atoms with Gasteiger partial charge in [-0.2, -0.15) is 5.10 Å². The second-order valence-corrected chi connectivity index (χ2v) is 6.65. The lowest BCUT2D eigenvalue weighted by molar-refractivity contribution is -0.386. The van der Waals surface area contributed by atoms with Crippen LogP contribution in [0.15, 0.2) is 42.7 Å². The van der Waals surface area contributed by atoms with Gasteiger partial charge in [0.2, 0.25) is 5.91 Å². The van der Waals surface area contributed by atoms with Crippen LogP contribution in [0.5, 0.6) is 11.5 Å². The van der Waals surface area contributed by atoms with Crippen molar-refractivity contribution in [1.29, 1.82) is 0 Å². The third-order valence-corrected chi connectivity index (χ3v) is 4.46. The average Bonchev–Trinajstić information content (AvgIpc) is 3.02. The summed E-state index contributed by atoms with van der Waals surface area (Å²) in [6.07, 6.45) is 2.99. The van der Waals surface area contributed by atoms with E-state index in [1.54, 1.807) is 18.3 Å². The minimum Gasteiger partial charge on any atom is -0.455 e. The summed E-state index contributed by atoms with van der Waals surface area (Å²) in [5.41, 5.74) is 0.0867. The number of amides is 1. The molecule has 0 aliphatic heterocycles. The average molecular weight is 426 g/mol. The summed E-state index contributed by atoms with van der Waals surface area (Å²) < 4.78 is 6.83. The number of nitro groups is 2. The van der Waals surface area contributed by atoms with Gasteiger partial charge in [-0.1, -0.05) is 0 Å². The lowest BCUT2D eigenvalue weighted by Gasteiger charge is -2.15. The van der Waals surface area contributed by atoms with E-state index in [1.165, 1.54) is 49.8 Å². The number of hydrogen-bond donors (Lipinski definition) is 1. The molecule has 1 unspecified atom stereocenters. The van der Waals surface area contributed by atoms with Crippen molar-refractivity contribution in [3.63, 3.8) is 0 Å². The van der Waals surface area contributed by atoms with Crippen LogP contribution in [0.25, 0.3) is 0 Å². The highest BCUT2D eigenvalue weighted by Gasteiger charge is 2.27. The summed E-state index contributed by atoms with van der Waals surface area (Å²) in [6, 6.07) is 6.19. The van der Waals surface area contributed by atoms with Crippen LogP contribution in [0.2, 0.25) is 0 Å². The predicted octanol–water partition coefficient (Wildman–Crippen LogP) is 3.70. The molecule has 2 heterocycles. The van der Waals surface area contributed by atoms with Gasteiger partial charge in [0.15, 0.2) is 0 Å². The summed E-state index contributed by atoms with van der Waals surface area (Å²) in [7, 11) is 0. The highest BCUT2D eigenvalue weighted by Crippen LogP contribution is 2.30. The highest BCUT2D eigenvalue weighted by atomic mass is 16.6. The first-order valence-electron chi connectivity index (χ1n) is 9.05. The van der Waals surface area contributed by atoms with E-state index in [0.717, 1.165) is 0 Å². The number of hydrogen-bond acceptors (Lipinski definition) is 8. The maximum Gasteiger partial charge on any atom is 0.312 e. The maximum absolute atomic E-state index is 12.7. The molecule has 0 bridgehead atoms. The summed E-state index contributed by atoms with van der Waals surface area (Å²) in [6.45, 7) is 4.49. The summed E-state index contributed by atoms with van der Waals surface area (Å²) in [5.74, 6) is -0.0659. The second kappa shape index (κ2) is 8.57.